The van der Waals surface area contributed by atoms with E-state index in [0.717, 1.165) is 0 Å². The van der Waals surface area contributed by atoms with Crippen LogP contribution in [-0.4, -0.2) is 42.2 Å². The van der Waals surface area contributed by atoms with E-state index in [0.29, 0.717) is 6.17 Å². The molecule has 0 bridgehead atoms. The SMILES string of the molecule is C1CCC(N2CCSCC2)NC1. The van der Waals surface area contributed by atoms with Crippen LogP contribution in [0.4, 0.5) is 0 Å². The third-order valence-electron chi connectivity index (χ3n) is 2.77. The monoisotopic (exact) mass is 186 g/mol. The summed E-state index contributed by atoms with van der Waals surface area (Å²) in [5, 5.41) is 3.61. The zero-order valence-corrected chi connectivity index (χ0v) is 8.41. The highest BCUT2D eigenvalue weighted by Crippen LogP contribution is 2.16. The maximum absolute atomic E-state index is 3.61. The van der Waals surface area contributed by atoms with E-state index in [2.05, 4.69) is 22.0 Å². The molecule has 0 amide bonds. The average molecular weight is 186 g/mol. The van der Waals surface area contributed by atoms with Gasteiger partial charge in [-0.15, -0.1) is 0 Å². The van der Waals surface area contributed by atoms with E-state index in [1.54, 1.807) is 0 Å². The van der Waals surface area contributed by atoms with E-state index in [1.807, 2.05) is 0 Å². The molecule has 1 atom stereocenters. The molecule has 1 N–H and O–H groups in total. The van der Waals surface area contributed by atoms with Crippen LogP contribution in [0.15, 0.2) is 0 Å². The van der Waals surface area contributed by atoms with Crippen LogP contribution in [0, 0.1) is 0 Å². The Kier molecular flexibility index (Phi) is 3.31. The van der Waals surface area contributed by atoms with Crippen molar-refractivity contribution in [1.29, 1.82) is 0 Å². The first-order chi connectivity index (χ1) is 5.97. The van der Waals surface area contributed by atoms with Crippen molar-refractivity contribution < 1.29 is 0 Å². The van der Waals surface area contributed by atoms with Gasteiger partial charge in [-0.05, 0) is 25.8 Å². The third-order valence-corrected chi connectivity index (χ3v) is 3.71. The van der Waals surface area contributed by atoms with Gasteiger partial charge in [-0.1, -0.05) is 0 Å². The molecule has 2 nitrogen and oxygen atoms in total. The summed E-state index contributed by atoms with van der Waals surface area (Å²) in [6.45, 7) is 3.82. The van der Waals surface area contributed by atoms with E-state index in [9.17, 15) is 0 Å². The number of thioether (sulfide) groups is 1. The van der Waals surface area contributed by atoms with E-state index >= 15 is 0 Å². The van der Waals surface area contributed by atoms with Crippen molar-refractivity contribution in [2.24, 2.45) is 0 Å². The predicted molar refractivity (Wildman–Crippen MR) is 54.5 cm³/mol. The second-order valence-corrected chi connectivity index (χ2v) is 4.84. The van der Waals surface area contributed by atoms with Crippen LogP contribution in [-0.2, 0) is 0 Å². The maximum Gasteiger partial charge on any atom is 0.0597 e. The highest BCUT2D eigenvalue weighted by Gasteiger charge is 2.21. The summed E-state index contributed by atoms with van der Waals surface area (Å²) < 4.78 is 0. The van der Waals surface area contributed by atoms with Crippen molar-refractivity contribution in [2.75, 3.05) is 31.1 Å². The Hall–Kier alpha value is 0.270. The third kappa shape index (κ3) is 2.15. The van der Waals surface area contributed by atoms with Crippen molar-refractivity contribution in [3.63, 3.8) is 0 Å². The highest BCUT2D eigenvalue weighted by atomic mass is 32.2. The summed E-state index contributed by atoms with van der Waals surface area (Å²) in [7, 11) is 0. The van der Waals surface area contributed by atoms with E-state index in [-0.39, 0.29) is 0 Å². The fourth-order valence-electron chi connectivity index (χ4n) is 2.03. The molecule has 0 radical (unpaired) electrons. The van der Waals surface area contributed by atoms with Gasteiger partial charge in [0.25, 0.3) is 0 Å². The number of piperidine rings is 1. The van der Waals surface area contributed by atoms with Crippen LogP contribution in [0.3, 0.4) is 0 Å². The molecule has 0 aromatic rings. The molecule has 2 heterocycles. The molecule has 0 aromatic heterocycles. The number of nitrogens with zero attached hydrogens (tertiary/aromatic N) is 1. The standard InChI is InChI=1S/C9H18N2S/c1-2-4-10-9(3-1)11-5-7-12-8-6-11/h9-10H,1-8H2. The summed E-state index contributed by atoms with van der Waals surface area (Å²) in [6.07, 6.45) is 4.87. The van der Waals surface area contributed by atoms with Gasteiger partial charge in [-0.3, -0.25) is 4.90 Å². The Bertz CT molecular complexity index is 112. The van der Waals surface area contributed by atoms with Gasteiger partial charge in [-0.2, -0.15) is 11.8 Å². The minimum Gasteiger partial charge on any atom is -0.302 e. The lowest BCUT2D eigenvalue weighted by Crippen LogP contribution is -2.51. The van der Waals surface area contributed by atoms with E-state index in [1.165, 1.54) is 50.4 Å². The largest absolute Gasteiger partial charge is 0.302 e. The molecule has 0 spiro atoms. The Morgan fingerprint density at radius 2 is 2.00 bits per heavy atom. The summed E-state index contributed by atoms with van der Waals surface area (Å²) in [4.78, 5) is 2.62. The Morgan fingerprint density at radius 3 is 2.67 bits per heavy atom. The fraction of sp³-hybridized carbons (Fsp3) is 1.00. The smallest absolute Gasteiger partial charge is 0.0597 e. The van der Waals surface area contributed by atoms with Gasteiger partial charge in [0, 0.05) is 24.6 Å². The summed E-state index contributed by atoms with van der Waals surface area (Å²) in [5.41, 5.74) is 0. The molecule has 1 unspecified atom stereocenters. The molecule has 12 heavy (non-hydrogen) atoms. The van der Waals surface area contributed by atoms with Crippen LogP contribution in [0.2, 0.25) is 0 Å². The second kappa shape index (κ2) is 4.49. The number of hydrogen-bond donors (Lipinski definition) is 1. The lowest BCUT2D eigenvalue weighted by atomic mass is 10.1. The van der Waals surface area contributed by atoms with Crippen LogP contribution in [0.25, 0.3) is 0 Å². The Balaban J connectivity index is 1.80. The van der Waals surface area contributed by atoms with Crippen molar-refractivity contribution in [3.8, 4) is 0 Å². The van der Waals surface area contributed by atoms with Gasteiger partial charge in [0.05, 0.1) is 6.17 Å². The van der Waals surface area contributed by atoms with E-state index in [4.69, 9.17) is 0 Å². The molecule has 2 saturated heterocycles. The minimum atomic E-state index is 0.708. The molecular weight excluding hydrogens is 168 g/mol. The average Bonchev–Trinajstić information content (AvgIpc) is 2.21. The van der Waals surface area contributed by atoms with E-state index < -0.39 is 0 Å². The van der Waals surface area contributed by atoms with Gasteiger partial charge < -0.3 is 5.32 Å². The van der Waals surface area contributed by atoms with Crippen LogP contribution in [0.5, 0.6) is 0 Å². The predicted octanol–water partition coefficient (Wildman–Crippen LogP) is 1.13. The maximum atomic E-state index is 3.61. The zero-order valence-electron chi connectivity index (χ0n) is 7.59. The van der Waals surface area contributed by atoms with Gasteiger partial charge in [-0.25, -0.2) is 0 Å². The topological polar surface area (TPSA) is 15.3 Å². The minimum absolute atomic E-state index is 0.708. The highest BCUT2D eigenvalue weighted by molar-refractivity contribution is 7.99. The first-order valence-electron chi connectivity index (χ1n) is 5.02. The van der Waals surface area contributed by atoms with Crippen molar-refractivity contribution in [1.82, 2.24) is 10.2 Å². The first-order valence-corrected chi connectivity index (χ1v) is 6.17. The summed E-state index contributed by atoms with van der Waals surface area (Å²) >= 11 is 2.09. The number of hydrogen-bond acceptors (Lipinski definition) is 3. The van der Waals surface area contributed by atoms with Crippen molar-refractivity contribution >= 4 is 11.8 Å². The molecule has 2 aliphatic rings. The normalized spacial score (nSPS) is 33.5. The number of rotatable bonds is 1. The lowest BCUT2D eigenvalue weighted by Gasteiger charge is -2.37. The molecule has 2 rings (SSSR count). The lowest BCUT2D eigenvalue weighted by molar-refractivity contribution is 0.151. The molecule has 70 valence electrons. The zero-order chi connectivity index (χ0) is 8.23. The van der Waals surface area contributed by atoms with Crippen LogP contribution < -0.4 is 5.32 Å². The van der Waals surface area contributed by atoms with Crippen molar-refractivity contribution in [3.05, 3.63) is 0 Å². The Labute approximate surface area is 79.1 Å². The quantitative estimate of drug-likeness (QED) is 0.661. The Morgan fingerprint density at radius 1 is 1.17 bits per heavy atom. The van der Waals surface area contributed by atoms with Gasteiger partial charge in [0.15, 0.2) is 0 Å². The number of nitrogens with one attached hydrogen (secondary N) is 1. The molecule has 0 saturated carbocycles. The molecule has 0 aromatic carbocycles. The molecular formula is C9H18N2S. The second-order valence-electron chi connectivity index (χ2n) is 3.61. The molecule has 2 aliphatic heterocycles. The van der Waals surface area contributed by atoms with Crippen LogP contribution in [0.1, 0.15) is 19.3 Å². The molecule has 2 fully saturated rings. The first kappa shape index (κ1) is 8.85. The summed E-state index contributed by atoms with van der Waals surface area (Å²) in [5.74, 6) is 2.66. The van der Waals surface area contributed by atoms with Gasteiger partial charge >= 0.3 is 0 Å². The van der Waals surface area contributed by atoms with Crippen LogP contribution >= 0.6 is 11.8 Å². The van der Waals surface area contributed by atoms with Crippen molar-refractivity contribution in [2.45, 2.75) is 25.4 Å². The van der Waals surface area contributed by atoms with Gasteiger partial charge in [0.2, 0.25) is 0 Å². The summed E-state index contributed by atoms with van der Waals surface area (Å²) in [6, 6.07) is 0. The molecule has 0 aliphatic carbocycles. The fourth-order valence-corrected chi connectivity index (χ4v) is 2.97. The molecule has 3 heteroatoms. The van der Waals surface area contributed by atoms with Gasteiger partial charge in [0.1, 0.15) is 0 Å².